The summed E-state index contributed by atoms with van der Waals surface area (Å²) in [6.07, 6.45) is 3.10. The quantitative estimate of drug-likeness (QED) is 0.581. The van der Waals surface area contributed by atoms with Crippen LogP contribution >= 0.6 is 11.6 Å². The molecule has 168 valence electrons. The first-order chi connectivity index (χ1) is 15.5. The minimum atomic E-state index is -0.00653. The van der Waals surface area contributed by atoms with Crippen molar-refractivity contribution < 1.29 is 14.3 Å². The minimum Gasteiger partial charge on any atom is -0.493 e. The topological polar surface area (TPSA) is 88.6 Å². The number of hydrogen-bond donors (Lipinski definition) is 2. The molecule has 1 aliphatic rings. The molecule has 0 spiro atoms. The van der Waals surface area contributed by atoms with E-state index >= 15 is 0 Å². The van der Waals surface area contributed by atoms with Crippen molar-refractivity contribution in [3.63, 3.8) is 0 Å². The van der Waals surface area contributed by atoms with Gasteiger partial charge in [0.15, 0.2) is 11.5 Å². The normalized spacial score (nSPS) is 15.9. The van der Waals surface area contributed by atoms with Crippen molar-refractivity contribution in [1.82, 2.24) is 20.2 Å². The molecular formula is C23H26ClN5O3. The van der Waals surface area contributed by atoms with Crippen LogP contribution in [0.25, 0.3) is 10.9 Å². The highest BCUT2D eigenvalue weighted by molar-refractivity contribution is 6.30. The van der Waals surface area contributed by atoms with Gasteiger partial charge in [0, 0.05) is 35.3 Å². The van der Waals surface area contributed by atoms with Crippen LogP contribution in [0, 0.1) is 0 Å². The summed E-state index contributed by atoms with van der Waals surface area (Å²) in [7, 11) is 3.49. The number of anilines is 2. The molecule has 3 aromatic rings. The van der Waals surface area contributed by atoms with E-state index in [2.05, 4.69) is 20.6 Å². The Bertz CT molecular complexity index is 1120. The van der Waals surface area contributed by atoms with Gasteiger partial charge in [-0.3, -0.25) is 9.69 Å². The molecule has 4 rings (SSSR count). The zero-order chi connectivity index (χ0) is 22.5. The Hall–Kier alpha value is -3.10. The molecule has 0 aliphatic carbocycles. The number of aryl methyl sites for hydroxylation is 1. The van der Waals surface area contributed by atoms with Gasteiger partial charge in [0.2, 0.25) is 5.91 Å². The molecule has 2 bridgehead atoms. The number of methoxy groups -OCH3 is 1. The molecule has 9 heteroatoms. The van der Waals surface area contributed by atoms with E-state index in [9.17, 15) is 4.79 Å². The predicted octanol–water partition coefficient (Wildman–Crippen LogP) is 3.41. The van der Waals surface area contributed by atoms with E-state index in [1.807, 2.05) is 42.3 Å². The third-order valence-electron chi connectivity index (χ3n) is 5.33. The molecule has 0 unspecified atom stereocenters. The number of halogens is 1. The highest BCUT2D eigenvalue weighted by atomic mass is 35.5. The van der Waals surface area contributed by atoms with Gasteiger partial charge in [-0.05, 0) is 43.7 Å². The van der Waals surface area contributed by atoms with Crippen molar-refractivity contribution >= 4 is 39.9 Å². The summed E-state index contributed by atoms with van der Waals surface area (Å²) >= 11 is 6.28. The highest BCUT2D eigenvalue weighted by Crippen LogP contribution is 2.35. The van der Waals surface area contributed by atoms with E-state index in [-0.39, 0.29) is 5.91 Å². The van der Waals surface area contributed by atoms with Gasteiger partial charge in [-0.1, -0.05) is 17.7 Å². The summed E-state index contributed by atoms with van der Waals surface area (Å²) in [6, 6.07) is 9.46. The zero-order valence-corrected chi connectivity index (χ0v) is 18.9. The van der Waals surface area contributed by atoms with Crippen molar-refractivity contribution in [3.05, 3.63) is 47.2 Å². The molecule has 0 fully saturated rings. The summed E-state index contributed by atoms with van der Waals surface area (Å²) in [5, 5.41) is 7.84. The SMILES string of the molecule is COc1cc2ncnc3c2cc1OCCN(C)CC(=O)NCCCc1ccc(Cl)cc1N3. The standard InChI is InChI=1S/C23H26ClN5O3/c1-29-8-9-32-21-11-17-19(12-20(21)31-2)26-14-27-23(17)28-18-10-16(24)6-5-15(18)4-3-7-25-22(30)13-29/h5-6,10-12,14H,3-4,7-9,13H2,1-2H3,(H,25,30)(H,26,27,28). The lowest BCUT2D eigenvalue weighted by Crippen LogP contribution is -2.37. The minimum absolute atomic E-state index is 0.00653. The number of fused-ring (bicyclic) bond motifs is 2. The average Bonchev–Trinajstić information content (AvgIpc) is 2.77. The number of nitrogens with one attached hydrogen (secondary N) is 2. The lowest BCUT2D eigenvalue weighted by atomic mass is 10.1. The monoisotopic (exact) mass is 455 g/mol. The third-order valence-corrected chi connectivity index (χ3v) is 5.57. The number of likely N-dealkylation sites (N-methyl/N-ethyl adjacent to an activating group) is 1. The zero-order valence-electron chi connectivity index (χ0n) is 18.2. The summed E-state index contributed by atoms with van der Waals surface area (Å²) in [5.41, 5.74) is 2.69. The first kappa shape index (κ1) is 22.1. The van der Waals surface area contributed by atoms with Gasteiger partial charge in [-0.2, -0.15) is 0 Å². The number of aromatic nitrogens is 2. The van der Waals surface area contributed by atoms with Gasteiger partial charge in [0.25, 0.3) is 0 Å². The Morgan fingerprint density at radius 3 is 2.94 bits per heavy atom. The Kier molecular flexibility index (Phi) is 6.92. The van der Waals surface area contributed by atoms with Crippen LogP contribution in [-0.2, 0) is 11.2 Å². The molecule has 32 heavy (non-hydrogen) atoms. The first-order valence-corrected chi connectivity index (χ1v) is 10.9. The maximum Gasteiger partial charge on any atom is 0.234 e. The molecule has 0 atom stereocenters. The molecule has 1 amide bonds. The number of carbonyl (C=O) groups is 1. The molecule has 0 radical (unpaired) electrons. The maximum atomic E-state index is 12.2. The van der Waals surface area contributed by atoms with Crippen molar-refractivity contribution in [3.8, 4) is 11.5 Å². The van der Waals surface area contributed by atoms with Gasteiger partial charge in [-0.15, -0.1) is 0 Å². The van der Waals surface area contributed by atoms with Gasteiger partial charge in [-0.25, -0.2) is 9.97 Å². The van der Waals surface area contributed by atoms with Crippen molar-refractivity contribution in [2.75, 3.05) is 45.7 Å². The highest BCUT2D eigenvalue weighted by Gasteiger charge is 2.15. The number of rotatable bonds is 1. The summed E-state index contributed by atoms with van der Waals surface area (Å²) < 4.78 is 11.5. The van der Waals surface area contributed by atoms with Crippen LogP contribution in [0.2, 0.25) is 5.02 Å². The summed E-state index contributed by atoms with van der Waals surface area (Å²) in [5.74, 6) is 1.82. The second-order valence-electron chi connectivity index (χ2n) is 7.71. The fourth-order valence-electron chi connectivity index (χ4n) is 3.64. The molecule has 0 saturated heterocycles. The van der Waals surface area contributed by atoms with Gasteiger partial charge in [0.05, 0.1) is 19.2 Å². The third kappa shape index (κ3) is 5.20. The molecule has 2 aromatic carbocycles. The van der Waals surface area contributed by atoms with E-state index in [0.717, 1.165) is 35.0 Å². The van der Waals surface area contributed by atoms with Gasteiger partial charge >= 0.3 is 0 Å². The number of carbonyl (C=O) groups excluding carboxylic acids is 1. The Morgan fingerprint density at radius 1 is 1.22 bits per heavy atom. The maximum absolute atomic E-state index is 12.2. The van der Waals surface area contributed by atoms with E-state index in [4.69, 9.17) is 21.1 Å². The van der Waals surface area contributed by atoms with Crippen LogP contribution < -0.4 is 20.1 Å². The Morgan fingerprint density at radius 2 is 2.09 bits per heavy atom. The Labute approximate surface area is 191 Å². The van der Waals surface area contributed by atoms with Crippen molar-refractivity contribution in [2.24, 2.45) is 0 Å². The fraction of sp³-hybridized carbons (Fsp3) is 0.348. The lowest BCUT2D eigenvalue weighted by Gasteiger charge is -2.18. The fourth-order valence-corrected chi connectivity index (χ4v) is 3.82. The van der Waals surface area contributed by atoms with E-state index in [1.54, 1.807) is 7.11 Å². The van der Waals surface area contributed by atoms with Crippen LogP contribution in [0.1, 0.15) is 12.0 Å². The van der Waals surface area contributed by atoms with Crippen LogP contribution in [-0.4, -0.2) is 61.2 Å². The van der Waals surface area contributed by atoms with Gasteiger partial charge < -0.3 is 20.1 Å². The second kappa shape index (κ2) is 10.0. The lowest BCUT2D eigenvalue weighted by molar-refractivity contribution is -0.122. The van der Waals surface area contributed by atoms with Crippen LogP contribution in [0.4, 0.5) is 11.5 Å². The molecule has 2 N–H and O–H groups in total. The summed E-state index contributed by atoms with van der Waals surface area (Å²) in [4.78, 5) is 23.0. The molecule has 8 nitrogen and oxygen atoms in total. The first-order valence-electron chi connectivity index (χ1n) is 10.5. The van der Waals surface area contributed by atoms with Gasteiger partial charge in [0.1, 0.15) is 18.8 Å². The Balaban J connectivity index is 1.75. The second-order valence-corrected chi connectivity index (χ2v) is 8.15. The van der Waals surface area contributed by atoms with Crippen LogP contribution in [0.5, 0.6) is 11.5 Å². The number of amides is 1. The van der Waals surface area contributed by atoms with E-state index < -0.39 is 0 Å². The smallest absolute Gasteiger partial charge is 0.234 e. The molecular weight excluding hydrogens is 430 g/mol. The van der Waals surface area contributed by atoms with Crippen molar-refractivity contribution in [2.45, 2.75) is 12.8 Å². The van der Waals surface area contributed by atoms with E-state index in [1.165, 1.54) is 6.33 Å². The largest absolute Gasteiger partial charge is 0.493 e. The number of benzene rings is 2. The molecule has 0 saturated carbocycles. The van der Waals surface area contributed by atoms with Crippen LogP contribution in [0.15, 0.2) is 36.7 Å². The van der Waals surface area contributed by atoms with E-state index in [0.29, 0.717) is 48.6 Å². The van der Waals surface area contributed by atoms with Crippen LogP contribution in [0.3, 0.4) is 0 Å². The summed E-state index contributed by atoms with van der Waals surface area (Å²) in [6.45, 7) is 1.90. The van der Waals surface area contributed by atoms with Crippen molar-refractivity contribution in [1.29, 1.82) is 0 Å². The number of hydrogen-bond acceptors (Lipinski definition) is 7. The number of nitrogens with zero attached hydrogens (tertiary/aromatic N) is 3. The average molecular weight is 456 g/mol. The molecule has 1 aliphatic heterocycles. The number of ether oxygens (including phenoxy) is 2. The molecule has 2 heterocycles. The predicted molar refractivity (Wildman–Crippen MR) is 125 cm³/mol. The molecule has 1 aromatic heterocycles.